The van der Waals surface area contributed by atoms with E-state index in [0.29, 0.717) is 11.4 Å². The van der Waals surface area contributed by atoms with Crippen molar-refractivity contribution < 1.29 is 9.59 Å². The normalized spacial score (nSPS) is 11.5. The molecule has 4 nitrogen and oxygen atoms in total. The second-order valence-electron chi connectivity index (χ2n) is 4.07. The maximum Gasteiger partial charge on any atom is 0.240 e. The van der Waals surface area contributed by atoms with Crippen LogP contribution in [0, 0.1) is 0 Å². The van der Waals surface area contributed by atoms with Gasteiger partial charge in [0.15, 0.2) is 0 Å². The molecule has 1 rings (SSSR count). The van der Waals surface area contributed by atoms with Crippen molar-refractivity contribution in [2.24, 2.45) is 9.98 Å². The van der Waals surface area contributed by atoms with E-state index in [2.05, 4.69) is 9.98 Å². The number of carbonyl (C=O) groups excluding carboxylic acids is 2. The SMILES string of the molecule is C/C(=C\C=C(/C)N=C=O)Cc1ccc(N=C=O)cc1. The highest BCUT2D eigenvalue weighted by atomic mass is 16.1. The smallest absolute Gasteiger partial charge is 0.211 e. The Morgan fingerprint density at radius 3 is 2.37 bits per heavy atom. The van der Waals surface area contributed by atoms with Crippen LogP contribution in [0.2, 0.25) is 0 Å². The lowest BCUT2D eigenvalue weighted by Gasteiger charge is -2.01. The van der Waals surface area contributed by atoms with Gasteiger partial charge in [-0.15, -0.1) is 0 Å². The minimum Gasteiger partial charge on any atom is -0.211 e. The van der Waals surface area contributed by atoms with Gasteiger partial charge in [-0.1, -0.05) is 23.8 Å². The molecule has 0 saturated heterocycles. The fourth-order valence-electron chi connectivity index (χ4n) is 1.49. The van der Waals surface area contributed by atoms with E-state index >= 15 is 0 Å². The van der Waals surface area contributed by atoms with Crippen LogP contribution in [0.25, 0.3) is 0 Å². The third-order valence-corrected chi connectivity index (χ3v) is 2.43. The molecule has 0 aliphatic carbocycles. The quantitative estimate of drug-likeness (QED) is 0.459. The van der Waals surface area contributed by atoms with E-state index < -0.39 is 0 Å². The zero-order chi connectivity index (χ0) is 14.1. The van der Waals surface area contributed by atoms with Crippen molar-refractivity contribution in [3.63, 3.8) is 0 Å². The molecule has 96 valence electrons. The molecule has 0 N–H and O–H groups in total. The van der Waals surface area contributed by atoms with E-state index in [9.17, 15) is 9.59 Å². The monoisotopic (exact) mass is 254 g/mol. The molecule has 19 heavy (non-hydrogen) atoms. The van der Waals surface area contributed by atoms with E-state index in [1.165, 1.54) is 12.2 Å². The molecule has 0 atom stereocenters. The van der Waals surface area contributed by atoms with Crippen LogP contribution in [0.1, 0.15) is 19.4 Å². The highest BCUT2D eigenvalue weighted by Gasteiger charge is 1.95. The number of benzene rings is 1. The Kier molecular flexibility index (Phi) is 5.90. The zero-order valence-electron chi connectivity index (χ0n) is 10.9. The van der Waals surface area contributed by atoms with Crippen LogP contribution in [0.3, 0.4) is 0 Å². The van der Waals surface area contributed by atoms with E-state index in [4.69, 9.17) is 0 Å². The van der Waals surface area contributed by atoms with Crippen LogP contribution in [0.4, 0.5) is 5.69 Å². The van der Waals surface area contributed by atoms with E-state index in [-0.39, 0.29) is 0 Å². The van der Waals surface area contributed by atoms with Gasteiger partial charge in [-0.3, -0.25) is 0 Å². The predicted molar refractivity (Wildman–Crippen MR) is 73.6 cm³/mol. The third kappa shape index (κ3) is 5.55. The molecule has 0 aromatic heterocycles. The molecule has 0 fully saturated rings. The number of hydrogen-bond donors (Lipinski definition) is 0. The Morgan fingerprint density at radius 1 is 1.11 bits per heavy atom. The van der Waals surface area contributed by atoms with Gasteiger partial charge in [-0.05, 0) is 44.0 Å². The van der Waals surface area contributed by atoms with Crippen molar-refractivity contribution in [1.29, 1.82) is 0 Å². The van der Waals surface area contributed by atoms with Gasteiger partial charge in [-0.25, -0.2) is 9.59 Å². The molecular weight excluding hydrogens is 240 g/mol. The van der Waals surface area contributed by atoms with Crippen LogP contribution in [-0.4, -0.2) is 12.2 Å². The van der Waals surface area contributed by atoms with E-state index in [0.717, 1.165) is 17.6 Å². The Hall–Kier alpha value is -2.54. The number of isocyanates is 2. The second kappa shape index (κ2) is 7.72. The van der Waals surface area contributed by atoms with Crippen molar-refractivity contribution in [3.05, 3.63) is 53.3 Å². The minimum absolute atomic E-state index is 0.594. The molecule has 0 spiro atoms. The summed E-state index contributed by atoms with van der Waals surface area (Å²) >= 11 is 0. The molecule has 1 aromatic rings. The van der Waals surface area contributed by atoms with Crippen molar-refractivity contribution in [2.75, 3.05) is 0 Å². The highest BCUT2D eigenvalue weighted by molar-refractivity contribution is 5.49. The number of rotatable bonds is 5. The summed E-state index contributed by atoms with van der Waals surface area (Å²) in [5, 5.41) is 0. The molecule has 0 saturated carbocycles. The fraction of sp³-hybridized carbons (Fsp3) is 0.200. The minimum atomic E-state index is 0.594. The molecule has 0 radical (unpaired) electrons. The maximum absolute atomic E-state index is 10.1. The Bertz CT molecular complexity index is 585. The molecule has 0 aliphatic rings. The third-order valence-electron chi connectivity index (χ3n) is 2.43. The second-order valence-corrected chi connectivity index (χ2v) is 4.07. The molecule has 1 aromatic carbocycles. The first-order valence-corrected chi connectivity index (χ1v) is 5.74. The predicted octanol–water partition coefficient (Wildman–Crippen LogP) is 3.38. The number of hydrogen-bond acceptors (Lipinski definition) is 4. The largest absolute Gasteiger partial charge is 0.240 e. The van der Waals surface area contributed by atoms with E-state index in [1.807, 2.05) is 25.1 Å². The maximum atomic E-state index is 10.1. The van der Waals surface area contributed by atoms with E-state index in [1.54, 1.807) is 25.1 Å². The Labute approximate surface area is 111 Å². The summed E-state index contributed by atoms with van der Waals surface area (Å²) in [4.78, 5) is 27.2. The van der Waals surface area contributed by atoms with Gasteiger partial charge in [0, 0.05) is 0 Å². The summed E-state index contributed by atoms with van der Waals surface area (Å²) < 4.78 is 0. The number of nitrogens with zero attached hydrogens (tertiary/aromatic N) is 2. The molecular formula is C15H14N2O2. The van der Waals surface area contributed by atoms with Gasteiger partial charge >= 0.3 is 0 Å². The van der Waals surface area contributed by atoms with Crippen LogP contribution in [0.15, 0.2) is 57.7 Å². The average Bonchev–Trinajstić information content (AvgIpc) is 2.39. The molecule has 0 aliphatic heterocycles. The van der Waals surface area contributed by atoms with Gasteiger partial charge in [0.05, 0.1) is 11.4 Å². The highest BCUT2D eigenvalue weighted by Crippen LogP contribution is 2.15. The van der Waals surface area contributed by atoms with Crippen LogP contribution in [0.5, 0.6) is 0 Å². The molecule has 0 bridgehead atoms. The standard InChI is InChI=1S/C15H14N2O2/c1-12(3-4-13(2)16-10-18)9-14-5-7-15(8-6-14)17-11-19/h3-8H,9H2,1-2H3/b12-3+,13-4+. The summed E-state index contributed by atoms with van der Waals surface area (Å²) in [6.07, 6.45) is 7.45. The first-order chi connectivity index (χ1) is 9.15. The van der Waals surface area contributed by atoms with Crippen molar-refractivity contribution in [2.45, 2.75) is 20.3 Å². The first-order valence-electron chi connectivity index (χ1n) is 5.74. The van der Waals surface area contributed by atoms with Gasteiger partial charge in [0.25, 0.3) is 0 Å². The molecule has 0 heterocycles. The van der Waals surface area contributed by atoms with Crippen LogP contribution < -0.4 is 0 Å². The lowest BCUT2D eigenvalue weighted by Crippen LogP contribution is -1.85. The molecule has 0 amide bonds. The number of aliphatic imine (C=N–C) groups is 2. The summed E-state index contributed by atoms with van der Waals surface area (Å²) in [7, 11) is 0. The zero-order valence-corrected chi connectivity index (χ0v) is 10.9. The van der Waals surface area contributed by atoms with Crippen molar-refractivity contribution >= 4 is 17.8 Å². The van der Waals surface area contributed by atoms with Gasteiger partial charge in [0.2, 0.25) is 12.2 Å². The lowest BCUT2D eigenvalue weighted by atomic mass is 10.1. The summed E-state index contributed by atoms with van der Waals surface area (Å²) in [5.41, 5.74) is 3.46. The van der Waals surface area contributed by atoms with Crippen molar-refractivity contribution in [3.8, 4) is 0 Å². The topological polar surface area (TPSA) is 58.9 Å². The number of allylic oxidation sites excluding steroid dienone is 4. The summed E-state index contributed by atoms with van der Waals surface area (Å²) in [6, 6.07) is 7.36. The fourth-order valence-corrected chi connectivity index (χ4v) is 1.49. The molecule has 4 heteroatoms. The van der Waals surface area contributed by atoms with Crippen molar-refractivity contribution in [1.82, 2.24) is 0 Å². The first kappa shape index (κ1) is 14.5. The Balaban J connectivity index is 2.73. The van der Waals surface area contributed by atoms with Gasteiger partial charge in [-0.2, -0.15) is 9.98 Å². The summed E-state index contributed by atoms with van der Waals surface area (Å²) in [5.74, 6) is 0. The Morgan fingerprint density at radius 2 is 1.79 bits per heavy atom. The van der Waals surface area contributed by atoms with Gasteiger partial charge < -0.3 is 0 Å². The summed E-state index contributed by atoms with van der Waals surface area (Å²) in [6.45, 7) is 3.73. The average molecular weight is 254 g/mol. The van der Waals surface area contributed by atoms with Gasteiger partial charge in [0.1, 0.15) is 0 Å². The van der Waals surface area contributed by atoms with Crippen LogP contribution in [-0.2, 0) is 16.0 Å². The van der Waals surface area contributed by atoms with Crippen LogP contribution >= 0.6 is 0 Å². The lowest BCUT2D eigenvalue weighted by molar-refractivity contribution is 0.564. The molecule has 0 unspecified atom stereocenters.